The number of aromatic nitrogens is 2. The summed E-state index contributed by atoms with van der Waals surface area (Å²) >= 11 is 5.93. The fourth-order valence-electron chi connectivity index (χ4n) is 3.48. The zero-order valence-corrected chi connectivity index (χ0v) is 18.3. The van der Waals surface area contributed by atoms with Crippen molar-refractivity contribution in [2.45, 2.75) is 52.0 Å². The number of ether oxygens (including phenoxy) is 1. The second kappa shape index (κ2) is 11.6. The van der Waals surface area contributed by atoms with Gasteiger partial charge in [-0.25, -0.2) is 4.98 Å². The van der Waals surface area contributed by atoms with E-state index in [4.69, 9.17) is 21.3 Å². The second-order valence-electron chi connectivity index (χ2n) is 7.38. The first-order valence-corrected chi connectivity index (χ1v) is 11.1. The van der Waals surface area contributed by atoms with Crippen molar-refractivity contribution in [1.82, 2.24) is 14.9 Å². The summed E-state index contributed by atoms with van der Waals surface area (Å²) in [6, 6.07) is 15.7. The van der Waals surface area contributed by atoms with Crippen LogP contribution in [0.5, 0.6) is 5.75 Å². The maximum absolute atomic E-state index is 11.5. The number of fused-ring (bicyclic) bond motifs is 1. The highest BCUT2D eigenvalue weighted by Gasteiger charge is 2.10. The lowest BCUT2D eigenvalue weighted by molar-refractivity contribution is -0.121. The molecule has 1 heterocycles. The summed E-state index contributed by atoms with van der Waals surface area (Å²) in [5, 5.41) is 3.68. The minimum absolute atomic E-state index is 0.153. The molecule has 3 aromatic rings. The lowest BCUT2D eigenvalue weighted by Gasteiger charge is -2.11. The van der Waals surface area contributed by atoms with Gasteiger partial charge in [-0.05, 0) is 55.7 Å². The second-order valence-corrected chi connectivity index (χ2v) is 7.82. The van der Waals surface area contributed by atoms with E-state index in [0.29, 0.717) is 18.1 Å². The van der Waals surface area contributed by atoms with Crippen molar-refractivity contribution in [1.29, 1.82) is 0 Å². The lowest BCUT2D eigenvalue weighted by atomic mass is 10.2. The van der Waals surface area contributed by atoms with E-state index < -0.39 is 0 Å². The molecule has 5 nitrogen and oxygen atoms in total. The summed E-state index contributed by atoms with van der Waals surface area (Å²) in [7, 11) is 0. The molecule has 0 aliphatic rings. The molecule has 0 fully saturated rings. The first kappa shape index (κ1) is 22.2. The van der Waals surface area contributed by atoms with Crippen molar-refractivity contribution in [3.63, 3.8) is 0 Å². The van der Waals surface area contributed by atoms with Gasteiger partial charge in [0.2, 0.25) is 5.91 Å². The number of benzene rings is 2. The zero-order valence-electron chi connectivity index (χ0n) is 17.6. The number of unbranched alkanes of at least 4 members (excludes halogenated alkanes) is 2. The van der Waals surface area contributed by atoms with Gasteiger partial charge >= 0.3 is 0 Å². The van der Waals surface area contributed by atoms with Gasteiger partial charge in [-0.15, -0.1) is 0 Å². The van der Waals surface area contributed by atoms with Crippen LogP contribution >= 0.6 is 11.6 Å². The molecule has 1 aromatic heterocycles. The normalized spacial score (nSPS) is 11.0. The van der Waals surface area contributed by atoms with Crippen LogP contribution in [-0.4, -0.2) is 28.6 Å². The number of hydrogen-bond acceptors (Lipinski definition) is 3. The molecule has 0 unspecified atom stereocenters. The molecule has 0 atom stereocenters. The predicted molar refractivity (Wildman–Crippen MR) is 122 cm³/mol. The summed E-state index contributed by atoms with van der Waals surface area (Å²) in [4.78, 5) is 16.4. The number of rotatable bonds is 12. The number of nitrogens with one attached hydrogen (secondary N) is 1. The Kier molecular flexibility index (Phi) is 8.57. The van der Waals surface area contributed by atoms with Crippen molar-refractivity contribution in [2.24, 2.45) is 0 Å². The molecule has 3 rings (SSSR count). The fourth-order valence-corrected chi connectivity index (χ4v) is 3.61. The molecular weight excluding hydrogens is 398 g/mol. The molecule has 0 aliphatic heterocycles. The number of carbonyl (C=O) groups excluding carboxylic acids is 1. The Balaban J connectivity index is 1.52. The number of aryl methyl sites for hydroxylation is 1. The molecule has 0 aliphatic carbocycles. The van der Waals surface area contributed by atoms with E-state index in [1.165, 1.54) is 0 Å². The third-order valence-corrected chi connectivity index (χ3v) is 5.26. The van der Waals surface area contributed by atoms with E-state index >= 15 is 0 Å². The minimum atomic E-state index is 0.153. The molecule has 0 bridgehead atoms. The number of amides is 1. The minimum Gasteiger partial charge on any atom is -0.492 e. The third kappa shape index (κ3) is 6.49. The van der Waals surface area contributed by atoms with Crippen molar-refractivity contribution in [3.05, 3.63) is 59.4 Å². The van der Waals surface area contributed by atoms with Gasteiger partial charge in [0.05, 0.1) is 17.6 Å². The molecule has 160 valence electrons. The van der Waals surface area contributed by atoms with Crippen LogP contribution in [0.1, 0.15) is 44.9 Å². The molecular formula is C24H30ClN3O2. The van der Waals surface area contributed by atoms with Gasteiger partial charge < -0.3 is 14.6 Å². The molecule has 1 amide bonds. The van der Waals surface area contributed by atoms with E-state index in [1.807, 2.05) is 43.3 Å². The van der Waals surface area contributed by atoms with Crippen molar-refractivity contribution in [2.75, 3.05) is 13.2 Å². The van der Waals surface area contributed by atoms with E-state index in [9.17, 15) is 4.79 Å². The number of para-hydroxylation sites is 2. The maximum atomic E-state index is 11.5. The Bertz CT molecular complexity index is 937. The molecule has 30 heavy (non-hydrogen) atoms. The monoisotopic (exact) mass is 427 g/mol. The Hall–Kier alpha value is -2.53. The van der Waals surface area contributed by atoms with Crippen LogP contribution in [0.2, 0.25) is 5.02 Å². The maximum Gasteiger partial charge on any atom is 0.219 e. The molecule has 1 N–H and O–H groups in total. The molecule has 0 saturated heterocycles. The van der Waals surface area contributed by atoms with E-state index in [1.54, 1.807) is 0 Å². The highest BCUT2D eigenvalue weighted by Crippen LogP contribution is 2.19. The highest BCUT2D eigenvalue weighted by molar-refractivity contribution is 6.30. The zero-order chi connectivity index (χ0) is 21.2. The van der Waals surface area contributed by atoms with Crippen LogP contribution in [0, 0.1) is 0 Å². The van der Waals surface area contributed by atoms with E-state index in [-0.39, 0.29) is 5.91 Å². The number of hydrogen-bond donors (Lipinski definition) is 1. The number of imidazole rings is 1. The van der Waals surface area contributed by atoms with Gasteiger partial charge in [0.15, 0.2) is 0 Å². The Labute approximate surface area is 183 Å². The van der Waals surface area contributed by atoms with E-state index in [0.717, 1.165) is 67.8 Å². The van der Waals surface area contributed by atoms with E-state index in [2.05, 4.69) is 22.0 Å². The van der Waals surface area contributed by atoms with Crippen LogP contribution in [-0.2, 0) is 17.8 Å². The SMILES string of the molecule is CCCC(=O)NCCCCCc1nc2ccccc2n1CCOc1ccc(Cl)cc1. The summed E-state index contributed by atoms with van der Waals surface area (Å²) < 4.78 is 8.15. The molecule has 0 saturated carbocycles. The molecule has 2 aromatic carbocycles. The molecule has 6 heteroatoms. The highest BCUT2D eigenvalue weighted by atomic mass is 35.5. The van der Waals surface area contributed by atoms with Gasteiger partial charge in [-0.1, -0.05) is 37.1 Å². The summed E-state index contributed by atoms with van der Waals surface area (Å²) in [5.74, 6) is 2.06. The lowest BCUT2D eigenvalue weighted by Crippen LogP contribution is -2.23. The van der Waals surface area contributed by atoms with Crippen LogP contribution in [0.25, 0.3) is 11.0 Å². The standard InChI is InChI=1S/C24H30ClN3O2/c1-2-8-24(29)26-16-7-3-4-11-23-27-21-9-5-6-10-22(21)28(23)17-18-30-20-14-12-19(25)13-15-20/h5-6,9-10,12-15H,2-4,7-8,11,16-18H2,1H3,(H,26,29). The number of nitrogens with zero attached hydrogens (tertiary/aromatic N) is 2. The number of halogens is 1. The fraction of sp³-hybridized carbons (Fsp3) is 0.417. The summed E-state index contributed by atoms with van der Waals surface area (Å²) in [6.07, 6.45) is 5.53. The number of carbonyl (C=O) groups is 1. The molecule has 0 radical (unpaired) electrons. The molecule has 0 spiro atoms. The van der Waals surface area contributed by atoms with Gasteiger partial charge in [-0.3, -0.25) is 4.79 Å². The topological polar surface area (TPSA) is 56.2 Å². The van der Waals surface area contributed by atoms with Crippen LogP contribution in [0.4, 0.5) is 0 Å². The first-order valence-electron chi connectivity index (χ1n) is 10.8. The van der Waals surface area contributed by atoms with Gasteiger partial charge in [0, 0.05) is 24.4 Å². The van der Waals surface area contributed by atoms with Crippen molar-refractivity contribution in [3.8, 4) is 5.75 Å². The Morgan fingerprint density at radius 2 is 1.90 bits per heavy atom. The summed E-state index contributed by atoms with van der Waals surface area (Å²) in [6.45, 7) is 4.08. The van der Waals surface area contributed by atoms with Gasteiger partial charge in [0.1, 0.15) is 18.2 Å². The van der Waals surface area contributed by atoms with Gasteiger partial charge in [0.25, 0.3) is 0 Å². The van der Waals surface area contributed by atoms with Gasteiger partial charge in [-0.2, -0.15) is 0 Å². The smallest absolute Gasteiger partial charge is 0.219 e. The van der Waals surface area contributed by atoms with Crippen LogP contribution in [0.3, 0.4) is 0 Å². The largest absolute Gasteiger partial charge is 0.492 e. The van der Waals surface area contributed by atoms with Crippen molar-refractivity contribution >= 4 is 28.5 Å². The average molecular weight is 428 g/mol. The first-order chi connectivity index (χ1) is 14.7. The average Bonchev–Trinajstić information content (AvgIpc) is 3.10. The Morgan fingerprint density at radius 1 is 1.10 bits per heavy atom. The Morgan fingerprint density at radius 3 is 2.70 bits per heavy atom. The van der Waals surface area contributed by atoms with Crippen molar-refractivity contribution < 1.29 is 9.53 Å². The summed E-state index contributed by atoms with van der Waals surface area (Å²) in [5.41, 5.74) is 2.16. The van der Waals surface area contributed by atoms with Crippen LogP contribution in [0.15, 0.2) is 48.5 Å². The van der Waals surface area contributed by atoms with Crippen LogP contribution < -0.4 is 10.1 Å². The quantitative estimate of drug-likeness (QED) is 0.394. The third-order valence-electron chi connectivity index (χ3n) is 5.01. The predicted octanol–water partition coefficient (Wildman–Crippen LogP) is 5.40.